The average molecular weight is 677 g/mol. The minimum atomic E-state index is -1.54. The number of β-amino-alcohol motifs (C(OH)–C–C–N with tert-alkyl or cyclic N) is 1. The summed E-state index contributed by atoms with van der Waals surface area (Å²) in [5, 5.41) is 21.1. The van der Waals surface area contributed by atoms with Crippen molar-refractivity contribution in [3.63, 3.8) is 0 Å². The number of carbonyl (C=O) groups is 7. The maximum Gasteiger partial charge on any atom is 0.246 e. The highest BCUT2D eigenvalue weighted by Crippen LogP contribution is 2.31. The largest absolute Gasteiger partial charge is 0.391 e. The summed E-state index contributed by atoms with van der Waals surface area (Å²) < 4.78 is 0. The second-order valence-electron chi connectivity index (χ2n) is 10.8. The van der Waals surface area contributed by atoms with Crippen molar-refractivity contribution in [1.29, 1.82) is 0 Å². The van der Waals surface area contributed by atoms with Gasteiger partial charge in [0.2, 0.25) is 41.4 Å². The minimum Gasteiger partial charge on any atom is -0.391 e. The van der Waals surface area contributed by atoms with Crippen LogP contribution in [0.4, 0.5) is 0 Å². The van der Waals surface area contributed by atoms with Gasteiger partial charge in [0.25, 0.3) is 0 Å². The number of likely N-dealkylation sites (N-methyl/N-ethyl adjacent to an activating group) is 1. The number of aromatic amines is 1. The van der Waals surface area contributed by atoms with Crippen molar-refractivity contribution in [2.75, 3.05) is 32.4 Å². The molecule has 2 unspecified atom stereocenters. The zero-order valence-electron chi connectivity index (χ0n) is 25.6. The highest BCUT2D eigenvalue weighted by molar-refractivity contribution is 7.99. The molecular formula is C28H40N10O8S. The Balaban J connectivity index is 1.83. The van der Waals surface area contributed by atoms with E-state index in [0.717, 1.165) is 22.0 Å². The van der Waals surface area contributed by atoms with E-state index in [9.17, 15) is 38.7 Å². The molecule has 256 valence electrons. The van der Waals surface area contributed by atoms with Crippen LogP contribution in [-0.4, -0.2) is 119 Å². The van der Waals surface area contributed by atoms with Crippen molar-refractivity contribution < 1.29 is 38.7 Å². The van der Waals surface area contributed by atoms with Crippen LogP contribution in [0.2, 0.25) is 0 Å². The van der Waals surface area contributed by atoms with Gasteiger partial charge in [0.05, 0.1) is 36.7 Å². The lowest BCUT2D eigenvalue weighted by Gasteiger charge is -2.28. The van der Waals surface area contributed by atoms with Crippen LogP contribution in [0.25, 0.3) is 10.9 Å². The third-order valence-electron chi connectivity index (χ3n) is 7.38. The summed E-state index contributed by atoms with van der Waals surface area (Å²) in [7, 11) is 1.43. The van der Waals surface area contributed by atoms with Crippen LogP contribution in [0.5, 0.6) is 0 Å². The molecule has 1 aliphatic rings. The van der Waals surface area contributed by atoms with Gasteiger partial charge < -0.3 is 59.2 Å². The van der Waals surface area contributed by atoms with E-state index >= 15 is 0 Å². The van der Waals surface area contributed by atoms with Gasteiger partial charge in [-0.05, 0) is 18.1 Å². The Morgan fingerprint density at radius 3 is 2.38 bits per heavy atom. The number of nitrogens with two attached hydrogens (primary N) is 4. The Kier molecular flexibility index (Phi) is 13.1. The Bertz CT molecular complexity index is 1520. The molecule has 1 aromatic carbocycles. The number of fused-ring (bicyclic) bond motifs is 1. The van der Waals surface area contributed by atoms with E-state index in [2.05, 4.69) is 26.3 Å². The predicted octanol–water partition coefficient (Wildman–Crippen LogP) is -4.76. The number of para-hydroxylation sites is 1. The number of aromatic nitrogens is 1. The van der Waals surface area contributed by atoms with E-state index in [1.807, 2.05) is 6.07 Å². The van der Waals surface area contributed by atoms with Gasteiger partial charge in [-0.1, -0.05) is 18.2 Å². The third kappa shape index (κ3) is 9.88. The lowest BCUT2D eigenvalue weighted by molar-refractivity contribution is -0.142. The first-order valence-corrected chi connectivity index (χ1v) is 15.6. The molecule has 1 fully saturated rings. The number of hydrogen-bond acceptors (Lipinski definition) is 11. The number of rotatable bonds is 16. The number of likely N-dealkylation sites (tertiary alicyclic amines) is 1. The monoisotopic (exact) mass is 676 g/mol. The molecule has 0 bridgehead atoms. The average Bonchev–Trinajstić information content (AvgIpc) is 3.60. The number of carbonyl (C=O) groups excluding carboxylic acids is 7. The molecule has 0 aliphatic carbocycles. The number of nitrogens with one attached hydrogen (secondary N) is 5. The van der Waals surface area contributed by atoms with Crippen molar-refractivity contribution in [2.24, 2.45) is 22.9 Å². The van der Waals surface area contributed by atoms with E-state index in [1.165, 1.54) is 7.05 Å². The minimum absolute atomic E-state index is 0.0514. The lowest BCUT2D eigenvalue weighted by atomic mass is 10.0. The van der Waals surface area contributed by atoms with Crippen molar-refractivity contribution in [3.05, 3.63) is 29.8 Å². The summed E-state index contributed by atoms with van der Waals surface area (Å²) in [6.45, 7) is -0.964. The summed E-state index contributed by atoms with van der Waals surface area (Å²) in [5.74, 6) is -5.30. The second kappa shape index (κ2) is 16.7. The van der Waals surface area contributed by atoms with E-state index in [4.69, 9.17) is 22.9 Å². The Morgan fingerprint density at radius 2 is 1.74 bits per heavy atom. The van der Waals surface area contributed by atoms with Crippen LogP contribution in [0.1, 0.15) is 18.4 Å². The number of H-pyrrole nitrogens is 1. The van der Waals surface area contributed by atoms with Gasteiger partial charge in [0.1, 0.15) is 18.1 Å². The summed E-state index contributed by atoms with van der Waals surface area (Å²) >= 11 is 1.11. The van der Waals surface area contributed by atoms with Gasteiger partial charge in [-0.15, -0.1) is 11.8 Å². The Hall–Kier alpha value is -4.72. The molecule has 19 heteroatoms. The number of benzene rings is 1. The first-order chi connectivity index (χ1) is 22.2. The molecule has 47 heavy (non-hydrogen) atoms. The molecule has 0 spiro atoms. The number of nitrogens with zero attached hydrogens (tertiary/aromatic N) is 1. The number of primary amides is 2. The summed E-state index contributed by atoms with van der Waals surface area (Å²) in [4.78, 5) is 91.3. The number of amides is 7. The van der Waals surface area contributed by atoms with Crippen molar-refractivity contribution >= 4 is 64.0 Å². The molecular weight excluding hydrogens is 636 g/mol. The smallest absolute Gasteiger partial charge is 0.246 e. The van der Waals surface area contributed by atoms with Gasteiger partial charge in [-0.3, -0.25) is 33.6 Å². The summed E-state index contributed by atoms with van der Waals surface area (Å²) in [6, 6.07) is 2.17. The second-order valence-corrected chi connectivity index (χ2v) is 11.9. The summed E-state index contributed by atoms with van der Waals surface area (Å²) in [5.41, 5.74) is 23.7. The van der Waals surface area contributed by atoms with Gasteiger partial charge in [-0.2, -0.15) is 0 Å². The van der Waals surface area contributed by atoms with E-state index in [0.29, 0.717) is 16.1 Å². The number of hydrogen-bond donors (Lipinski definition) is 10. The van der Waals surface area contributed by atoms with E-state index in [-0.39, 0.29) is 31.7 Å². The SMILES string of the molecule is CNC(=O)CNC(=O)[C@H](N)Cc1c(SCC(NC(=O)CN)C(=O)N[C@@H](CC(N)=O)C(=O)N2CC(O)C[C@H]2C(N)=O)[nH]c2ccccc12. The molecule has 1 aliphatic heterocycles. The van der Waals surface area contributed by atoms with Crippen LogP contribution < -0.4 is 44.2 Å². The normalized spacial score (nSPS) is 17.7. The topological polar surface area (TPSA) is 311 Å². The van der Waals surface area contributed by atoms with Crippen molar-refractivity contribution in [3.8, 4) is 0 Å². The van der Waals surface area contributed by atoms with E-state index in [1.54, 1.807) is 18.2 Å². The van der Waals surface area contributed by atoms with Crippen LogP contribution in [0.3, 0.4) is 0 Å². The summed E-state index contributed by atoms with van der Waals surface area (Å²) in [6.07, 6.45) is -1.75. The molecule has 1 saturated heterocycles. The molecule has 0 saturated carbocycles. The first-order valence-electron chi connectivity index (χ1n) is 14.6. The standard InChI is InChI=1S/C28H40N10O8S/c1-33-23(42)10-34-25(44)16(30)7-15-14-4-2-3-5-17(14)37-27(15)47-12-19(35-22(41)9-29)26(45)36-18(8-21(31)40)28(46)38-11-13(39)6-20(38)24(32)43/h2-5,13,16,18-20,37,39H,6-12,29-30H2,1H3,(H2,31,40)(H2,32,43)(H,33,42)(H,34,44)(H,35,41)(H,36,45)/t13?,16-,18+,19?,20+/m1/s1. The fourth-order valence-corrected chi connectivity index (χ4v) is 6.12. The highest BCUT2D eigenvalue weighted by Gasteiger charge is 2.41. The number of thioether (sulfide) groups is 1. The quantitative estimate of drug-likeness (QED) is 0.0753. The molecule has 2 heterocycles. The van der Waals surface area contributed by atoms with Gasteiger partial charge >= 0.3 is 0 Å². The molecule has 3 rings (SSSR count). The third-order valence-corrected chi connectivity index (χ3v) is 8.52. The number of aliphatic hydroxyl groups excluding tert-OH is 1. The van der Waals surface area contributed by atoms with Gasteiger partial charge in [-0.25, -0.2) is 0 Å². The lowest BCUT2D eigenvalue weighted by Crippen LogP contribution is -2.58. The predicted molar refractivity (Wildman–Crippen MR) is 170 cm³/mol. The number of aliphatic hydroxyl groups is 1. The Labute approximate surface area is 273 Å². The van der Waals surface area contributed by atoms with Gasteiger partial charge in [0.15, 0.2) is 0 Å². The van der Waals surface area contributed by atoms with Crippen LogP contribution in [-0.2, 0) is 40.0 Å². The highest BCUT2D eigenvalue weighted by atomic mass is 32.2. The zero-order chi connectivity index (χ0) is 34.8. The zero-order valence-corrected chi connectivity index (χ0v) is 26.4. The maximum absolute atomic E-state index is 13.5. The van der Waals surface area contributed by atoms with E-state index < -0.39 is 84.6 Å². The Morgan fingerprint density at radius 1 is 1.04 bits per heavy atom. The van der Waals surface area contributed by atoms with Gasteiger partial charge in [0, 0.05) is 36.7 Å². The molecule has 18 nitrogen and oxygen atoms in total. The fraction of sp³-hybridized carbons (Fsp3) is 0.464. The first kappa shape index (κ1) is 36.7. The van der Waals surface area contributed by atoms with Crippen LogP contribution in [0, 0.1) is 0 Å². The van der Waals surface area contributed by atoms with Crippen LogP contribution >= 0.6 is 11.8 Å². The fourth-order valence-electron chi connectivity index (χ4n) is 5.00. The molecule has 1 aromatic heterocycles. The molecule has 2 aromatic rings. The molecule has 7 amide bonds. The maximum atomic E-state index is 13.5. The van der Waals surface area contributed by atoms with Crippen LogP contribution in [0.15, 0.2) is 29.3 Å². The molecule has 0 radical (unpaired) electrons. The molecule has 14 N–H and O–H groups in total. The molecule has 5 atom stereocenters. The van der Waals surface area contributed by atoms with Crippen molar-refractivity contribution in [2.45, 2.75) is 54.6 Å². The van der Waals surface area contributed by atoms with Crippen molar-refractivity contribution in [1.82, 2.24) is 31.2 Å².